The molecule has 2 aromatic heterocycles. The van der Waals surface area contributed by atoms with Crippen molar-refractivity contribution in [2.24, 2.45) is 0 Å². The Morgan fingerprint density at radius 3 is 2.88 bits per heavy atom. The van der Waals surface area contributed by atoms with Crippen molar-refractivity contribution in [3.8, 4) is 0 Å². The van der Waals surface area contributed by atoms with E-state index in [1.807, 2.05) is 34.1 Å². The molecule has 0 radical (unpaired) electrons. The van der Waals surface area contributed by atoms with E-state index in [2.05, 4.69) is 22.2 Å². The zero-order valence-electron chi connectivity index (χ0n) is 14.8. The lowest BCUT2D eigenvalue weighted by atomic mass is 10.0. The molecule has 0 aliphatic carbocycles. The normalized spacial score (nSPS) is 18.1. The predicted molar refractivity (Wildman–Crippen MR) is 90.3 cm³/mol. The van der Waals surface area contributed by atoms with Gasteiger partial charge in [-0.1, -0.05) is 0 Å². The van der Waals surface area contributed by atoms with Crippen molar-refractivity contribution in [3.63, 3.8) is 0 Å². The fraction of sp³-hybridized carbons (Fsp3) is 0.647. The molecule has 0 saturated carbocycles. The van der Waals surface area contributed by atoms with Crippen LogP contribution in [0.4, 0.5) is 0 Å². The van der Waals surface area contributed by atoms with Crippen molar-refractivity contribution in [1.82, 2.24) is 29.4 Å². The van der Waals surface area contributed by atoms with Crippen LogP contribution in [0.25, 0.3) is 0 Å². The summed E-state index contributed by atoms with van der Waals surface area (Å²) in [6, 6.07) is 2.09. The monoisotopic (exact) mass is 330 g/mol. The molecule has 7 nitrogen and oxygen atoms in total. The lowest BCUT2D eigenvalue weighted by Crippen LogP contribution is -2.40. The Kier molecular flexibility index (Phi) is 4.97. The molecular formula is C17H26N6O. The quantitative estimate of drug-likeness (QED) is 0.843. The summed E-state index contributed by atoms with van der Waals surface area (Å²) >= 11 is 0. The van der Waals surface area contributed by atoms with E-state index in [-0.39, 0.29) is 11.9 Å². The number of carbonyl (C=O) groups is 1. The van der Waals surface area contributed by atoms with Crippen molar-refractivity contribution < 1.29 is 4.79 Å². The van der Waals surface area contributed by atoms with Crippen molar-refractivity contribution in [1.29, 1.82) is 0 Å². The third-order valence-corrected chi connectivity index (χ3v) is 4.75. The number of aromatic nitrogens is 5. The highest BCUT2D eigenvalue weighted by Gasteiger charge is 2.31. The van der Waals surface area contributed by atoms with E-state index in [4.69, 9.17) is 0 Å². The molecule has 7 heteroatoms. The van der Waals surface area contributed by atoms with Crippen LogP contribution in [0.1, 0.15) is 55.9 Å². The van der Waals surface area contributed by atoms with Crippen LogP contribution in [0.15, 0.2) is 12.4 Å². The number of aryl methyl sites for hydroxylation is 4. The predicted octanol–water partition coefficient (Wildman–Crippen LogP) is 2.26. The summed E-state index contributed by atoms with van der Waals surface area (Å²) < 4.78 is 3.96. The highest BCUT2D eigenvalue weighted by Crippen LogP contribution is 2.30. The number of piperidine rings is 1. The van der Waals surface area contributed by atoms with Crippen molar-refractivity contribution in [2.45, 2.75) is 65.6 Å². The maximum atomic E-state index is 12.8. The Hall–Kier alpha value is -2.18. The van der Waals surface area contributed by atoms with Crippen LogP contribution in [-0.2, 0) is 17.9 Å². The molecule has 130 valence electrons. The molecule has 24 heavy (non-hydrogen) atoms. The second-order valence-electron chi connectivity index (χ2n) is 6.47. The third-order valence-electron chi connectivity index (χ3n) is 4.75. The number of hydrogen-bond donors (Lipinski definition) is 0. The first kappa shape index (κ1) is 16.7. The van der Waals surface area contributed by atoms with Crippen LogP contribution in [-0.4, -0.2) is 41.9 Å². The van der Waals surface area contributed by atoms with Crippen molar-refractivity contribution in [3.05, 3.63) is 29.6 Å². The molecule has 3 heterocycles. The van der Waals surface area contributed by atoms with Gasteiger partial charge in [0.25, 0.3) is 0 Å². The average Bonchev–Trinajstić information content (AvgIpc) is 3.18. The lowest BCUT2D eigenvalue weighted by molar-refractivity contribution is -0.135. The summed E-state index contributed by atoms with van der Waals surface area (Å²) in [5.41, 5.74) is 2.09. The molecule has 0 unspecified atom stereocenters. The largest absolute Gasteiger partial charge is 0.332 e. The number of nitrogens with zero attached hydrogens (tertiary/aromatic N) is 6. The first-order valence-corrected chi connectivity index (χ1v) is 8.78. The van der Waals surface area contributed by atoms with Gasteiger partial charge in [-0.15, -0.1) is 10.2 Å². The molecule has 0 N–H and O–H groups in total. The van der Waals surface area contributed by atoms with Gasteiger partial charge in [-0.25, -0.2) is 0 Å². The third kappa shape index (κ3) is 3.34. The molecular weight excluding hydrogens is 304 g/mol. The Morgan fingerprint density at radius 2 is 2.17 bits per heavy atom. The van der Waals surface area contributed by atoms with Gasteiger partial charge in [0.15, 0.2) is 5.82 Å². The van der Waals surface area contributed by atoms with Gasteiger partial charge in [0.2, 0.25) is 5.91 Å². The smallest absolute Gasteiger partial charge is 0.225 e. The van der Waals surface area contributed by atoms with E-state index in [0.29, 0.717) is 13.0 Å². The first-order valence-electron chi connectivity index (χ1n) is 8.78. The Labute approximate surface area is 142 Å². The second kappa shape index (κ2) is 7.15. The standard InChI is InChI=1S/C17H26N6O/c1-4-21-12-18-19-17(21)15-7-5-6-9-22(15)16(24)8-10-23-14(3)11-13(2)20-23/h11-12,15H,4-10H2,1-3H3/t15-/m1/s1. The highest BCUT2D eigenvalue weighted by molar-refractivity contribution is 5.76. The van der Waals surface area contributed by atoms with E-state index in [1.54, 1.807) is 6.33 Å². The van der Waals surface area contributed by atoms with E-state index in [0.717, 1.165) is 49.6 Å². The summed E-state index contributed by atoms with van der Waals surface area (Å²) in [5.74, 6) is 1.09. The topological polar surface area (TPSA) is 68.8 Å². The van der Waals surface area contributed by atoms with Crippen LogP contribution >= 0.6 is 0 Å². The fourth-order valence-corrected chi connectivity index (χ4v) is 3.51. The van der Waals surface area contributed by atoms with E-state index in [9.17, 15) is 4.79 Å². The molecule has 0 aromatic carbocycles. The fourth-order valence-electron chi connectivity index (χ4n) is 3.51. The molecule has 1 atom stereocenters. The molecule has 1 amide bonds. The molecule has 1 aliphatic rings. The van der Waals surface area contributed by atoms with Crippen molar-refractivity contribution in [2.75, 3.05) is 6.54 Å². The minimum atomic E-state index is 0.0501. The van der Waals surface area contributed by atoms with Gasteiger partial charge >= 0.3 is 0 Å². The van der Waals surface area contributed by atoms with E-state index >= 15 is 0 Å². The maximum absolute atomic E-state index is 12.8. The van der Waals surface area contributed by atoms with Crippen LogP contribution in [0.2, 0.25) is 0 Å². The summed E-state index contributed by atoms with van der Waals surface area (Å²) in [5, 5.41) is 12.8. The number of rotatable bonds is 5. The molecule has 1 aliphatic heterocycles. The van der Waals surface area contributed by atoms with E-state index in [1.165, 1.54) is 0 Å². The van der Waals surface area contributed by atoms with Gasteiger partial charge in [0.1, 0.15) is 6.33 Å². The van der Waals surface area contributed by atoms with E-state index < -0.39 is 0 Å². The van der Waals surface area contributed by atoms with Crippen LogP contribution in [0.3, 0.4) is 0 Å². The van der Waals surface area contributed by atoms with Crippen LogP contribution < -0.4 is 0 Å². The zero-order chi connectivity index (χ0) is 17.1. The Morgan fingerprint density at radius 1 is 1.33 bits per heavy atom. The average molecular weight is 330 g/mol. The molecule has 1 saturated heterocycles. The summed E-state index contributed by atoms with van der Waals surface area (Å²) in [6.45, 7) is 8.33. The lowest BCUT2D eigenvalue weighted by Gasteiger charge is -2.35. The van der Waals surface area contributed by atoms with Gasteiger partial charge in [-0.2, -0.15) is 5.10 Å². The number of amides is 1. The SMILES string of the molecule is CCn1cnnc1[C@H]1CCCCN1C(=O)CCn1nc(C)cc1C. The highest BCUT2D eigenvalue weighted by atomic mass is 16.2. The Balaban J connectivity index is 1.70. The molecule has 0 bridgehead atoms. The number of likely N-dealkylation sites (tertiary alicyclic amines) is 1. The first-order chi connectivity index (χ1) is 11.6. The van der Waals surface area contributed by atoms with Crippen LogP contribution in [0.5, 0.6) is 0 Å². The molecule has 2 aromatic rings. The number of hydrogen-bond acceptors (Lipinski definition) is 4. The van der Waals surface area contributed by atoms with Gasteiger partial charge in [-0.05, 0) is 46.1 Å². The number of carbonyl (C=O) groups excluding carboxylic acids is 1. The zero-order valence-corrected chi connectivity index (χ0v) is 14.8. The second-order valence-corrected chi connectivity index (χ2v) is 6.47. The van der Waals surface area contributed by atoms with Crippen molar-refractivity contribution >= 4 is 5.91 Å². The summed E-state index contributed by atoms with van der Waals surface area (Å²) in [4.78, 5) is 14.8. The van der Waals surface area contributed by atoms with Gasteiger partial charge in [-0.3, -0.25) is 9.48 Å². The van der Waals surface area contributed by atoms with Gasteiger partial charge in [0, 0.05) is 31.7 Å². The molecule has 3 rings (SSSR count). The Bertz CT molecular complexity index is 704. The molecule has 1 fully saturated rings. The van der Waals surface area contributed by atoms with Gasteiger partial charge in [0.05, 0.1) is 11.7 Å². The summed E-state index contributed by atoms with van der Waals surface area (Å²) in [7, 11) is 0. The maximum Gasteiger partial charge on any atom is 0.225 e. The molecule has 0 spiro atoms. The minimum Gasteiger partial charge on any atom is -0.332 e. The summed E-state index contributed by atoms with van der Waals surface area (Å²) in [6.07, 6.45) is 5.37. The minimum absolute atomic E-state index is 0.0501. The van der Waals surface area contributed by atoms with Crippen LogP contribution in [0, 0.1) is 13.8 Å². The van der Waals surface area contributed by atoms with Gasteiger partial charge < -0.3 is 9.47 Å².